The van der Waals surface area contributed by atoms with Crippen LogP contribution in [0.15, 0.2) is 36.7 Å². The molecule has 0 aliphatic rings. The monoisotopic (exact) mass is 277 g/mol. The standard InChI is InChI=1S/C14H16ClN3O/c1-9(2)12(10-3-5-11(15)6-4-10)13(19)18-14-16-7-8-17-14/h3-9,12H,1-2H3,(H2,16,17,18,19)/t12-/m0/s1. The Morgan fingerprint density at radius 2 is 2.00 bits per heavy atom. The van der Waals surface area contributed by atoms with Gasteiger partial charge in [-0.05, 0) is 23.6 Å². The molecule has 0 aliphatic carbocycles. The van der Waals surface area contributed by atoms with E-state index in [1.54, 1.807) is 24.5 Å². The third-order valence-electron chi connectivity index (χ3n) is 2.92. The van der Waals surface area contributed by atoms with Gasteiger partial charge >= 0.3 is 0 Å². The van der Waals surface area contributed by atoms with Crippen molar-refractivity contribution in [3.8, 4) is 0 Å². The quantitative estimate of drug-likeness (QED) is 0.899. The molecule has 0 saturated carbocycles. The Labute approximate surface area is 117 Å². The molecule has 0 aliphatic heterocycles. The van der Waals surface area contributed by atoms with Gasteiger partial charge in [0.15, 0.2) is 0 Å². The molecule has 0 spiro atoms. The average Bonchev–Trinajstić information content (AvgIpc) is 2.84. The number of carbonyl (C=O) groups excluding carboxylic acids is 1. The number of hydrogen-bond acceptors (Lipinski definition) is 2. The van der Waals surface area contributed by atoms with E-state index in [4.69, 9.17) is 11.6 Å². The molecular formula is C14H16ClN3O. The molecular weight excluding hydrogens is 262 g/mol. The number of aromatic amines is 1. The molecule has 100 valence electrons. The molecule has 1 aromatic carbocycles. The van der Waals surface area contributed by atoms with E-state index in [1.165, 1.54) is 0 Å². The number of hydrogen-bond donors (Lipinski definition) is 2. The maximum Gasteiger partial charge on any atom is 0.234 e. The van der Waals surface area contributed by atoms with E-state index in [9.17, 15) is 4.79 Å². The van der Waals surface area contributed by atoms with Gasteiger partial charge in [-0.1, -0.05) is 37.6 Å². The van der Waals surface area contributed by atoms with Crippen LogP contribution in [0.5, 0.6) is 0 Å². The van der Waals surface area contributed by atoms with E-state index >= 15 is 0 Å². The van der Waals surface area contributed by atoms with Gasteiger partial charge < -0.3 is 4.98 Å². The molecule has 0 unspecified atom stereocenters. The number of nitrogens with zero attached hydrogens (tertiary/aromatic N) is 1. The molecule has 4 nitrogen and oxygen atoms in total. The zero-order chi connectivity index (χ0) is 13.8. The molecule has 0 saturated heterocycles. The van der Waals surface area contributed by atoms with E-state index in [0.29, 0.717) is 11.0 Å². The number of benzene rings is 1. The predicted octanol–water partition coefficient (Wildman–Crippen LogP) is 3.44. The fourth-order valence-electron chi connectivity index (χ4n) is 2.04. The summed E-state index contributed by atoms with van der Waals surface area (Å²) >= 11 is 5.88. The lowest BCUT2D eigenvalue weighted by Crippen LogP contribution is -2.25. The first-order chi connectivity index (χ1) is 9.08. The second-order valence-corrected chi connectivity index (χ2v) is 5.14. The van der Waals surface area contributed by atoms with E-state index in [-0.39, 0.29) is 17.7 Å². The topological polar surface area (TPSA) is 57.8 Å². The van der Waals surface area contributed by atoms with Gasteiger partial charge in [0.25, 0.3) is 0 Å². The van der Waals surface area contributed by atoms with Gasteiger partial charge in [0.05, 0.1) is 5.92 Å². The Morgan fingerprint density at radius 1 is 1.32 bits per heavy atom. The van der Waals surface area contributed by atoms with Gasteiger partial charge in [-0.3, -0.25) is 10.1 Å². The van der Waals surface area contributed by atoms with Gasteiger partial charge in [0.1, 0.15) is 0 Å². The van der Waals surface area contributed by atoms with E-state index in [0.717, 1.165) is 5.56 Å². The van der Waals surface area contributed by atoms with Crippen molar-refractivity contribution < 1.29 is 4.79 Å². The van der Waals surface area contributed by atoms with Crippen LogP contribution in [0.1, 0.15) is 25.3 Å². The lowest BCUT2D eigenvalue weighted by molar-refractivity contribution is -0.118. The van der Waals surface area contributed by atoms with Gasteiger partial charge in [-0.15, -0.1) is 0 Å². The number of amides is 1. The molecule has 0 radical (unpaired) electrons. The van der Waals surface area contributed by atoms with Crippen LogP contribution in [0.2, 0.25) is 5.02 Å². The van der Waals surface area contributed by atoms with E-state index in [2.05, 4.69) is 15.3 Å². The van der Waals surface area contributed by atoms with Crippen LogP contribution in [-0.2, 0) is 4.79 Å². The Bertz CT molecular complexity index is 534. The Morgan fingerprint density at radius 3 is 2.53 bits per heavy atom. The number of aromatic nitrogens is 2. The number of nitrogens with one attached hydrogen (secondary N) is 2. The molecule has 1 heterocycles. The molecule has 0 fully saturated rings. The molecule has 2 N–H and O–H groups in total. The Hall–Kier alpha value is -1.81. The molecule has 1 aromatic heterocycles. The fraction of sp³-hybridized carbons (Fsp3) is 0.286. The normalized spacial score (nSPS) is 12.4. The van der Waals surface area contributed by atoms with Crippen molar-refractivity contribution in [2.45, 2.75) is 19.8 Å². The number of rotatable bonds is 4. The van der Waals surface area contributed by atoms with Crippen molar-refractivity contribution in [3.63, 3.8) is 0 Å². The highest BCUT2D eigenvalue weighted by Crippen LogP contribution is 2.26. The number of halogens is 1. The molecule has 2 rings (SSSR count). The molecule has 0 bridgehead atoms. The summed E-state index contributed by atoms with van der Waals surface area (Å²) in [4.78, 5) is 19.2. The lowest BCUT2D eigenvalue weighted by atomic mass is 9.88. The second kappa shape index (κ2) is 5.89. The highest BCUT2D eigenvalue weighted by atomic mass is 35.5. The first kappa shape index (κ1) is 13.6. The summed E-state index contributed by atoms with van der Waals surface area (Å²) in [5, 5.41) is 3.44. The summed E-state index contributed by atoms with van der Waals surface area (Å²) in [6.45, 7) is 4.03. The van der Waals surface area contributed by atoms with Crippen LogP contribution < -0.4 is 5.32 Å². The van der Waals surface area contributed by atoms with Gasteiger partial charge in [0.2, 0.25) is 11.9 Å². The van der Waals surface area contributed by atoms with Crippen molar-refractivity contribution in [1.29, 1.82) is 0 Å². The average molecular weight is 278 g/mol. The first-order valence-electron chi connectivity index (χ1n) is 6.13. The highest BCUT2D eigenvalue weighted by molar-refractivity contribution is 6.30. The maximum atomic E-state index is 12.3. The van der Waals surface area contributed by atoms with E-state index < -0.39 is 0 Å². The summed E-state index contributed by atoms with van der Waals surface area (Å²) in [5.41, 5.74) is 0.948. The van der Waals surface area contributed by atoms with Crippen LogP contribution in [0.4, 0.5) is 5.95 Å². The second-order valence-electron chi connectivity index (χ2n) is 4.70. The third kappa shape index (κ3) is 3.35. The summed E-state index contributed by atoms with van der Waals surface area (Å²) in [5.74, 6) is 0.329. The van der Waals surface area contributed by atoms with E-state index in [1.807, 2.05) is 26.0 Å². The number of H-pyrrole nitrogens is 1. The molecule has 2 aromatic rings. The SMILES string of the molecule is CC(C)[C@H](C(=O)Nc1ncc[nH]1)c1ccc(Cl)cc1. The first-order valence-corrected chi connectivity index (χ1v) is 6.51. The van der Waals surface area contributed by atoms with Crippen LogP contribution in [0.25, 0.3) is 0 Å². The summed E-state index contributed by atoms with van der Waals surface area (Å²) in [6.07, 6.45) is 3.27. The van der Waals surface area contributed by atoms with Crippen molar-refractivity contribution in [1.82, 2.24) is 9.97 Å². The van der Waals surface area contributed by atoms with Crippen molar-refractivity contribution in [3.05, 3.63) is 47.2 Å². The largest absolute Gasteiger partial charge is 0.331 e. The highest BCUT2D eigenvalue weighted by Gasteiger charge is 2.24. The van der Waals surface area contributed by atoms with Crippen molar-refractivity contribution in [2.24, 2.45) is 5.92 Å². The van der Waals surface area contributed by atoms with Crippen LogP contribution in [-0.4, -0.2) is 15.9 Å². The van der Waals surface area contributed by atoms with Crippen LogP contribution >= 0.6 is 11.6 Å². The number of carbonyl (C=O) groups is 1. The number of anilines is 1. The summed E-state index contributed by atoms with van der Waals surface area (Å²) in [7, 11) is 0. The van der Waals surface area contributed by atoms with Crippen LogP contribution in [0.3, 0.4) is 0 Å². The minimum absolute atomic E-state index is 0.0766. The molecule has 1 atom stereocenters. The smallest absolute Gasteiger partial charge is 0.234 e. The maximum absolute atomic E-state index is 12.3. The zero-order valence-electron chi connectivity index (χ0n) is 10.9. The summed E-state index contributed by atoms with van der Waals surface area (Å²) < 4.78 is 0. The third-order valence-corrected chi connectivity index (χ3v) is 3.17. The van der Waals surface area contributed by atoms with Crippen molar-refractivity contribution >= 4 is 23.5 Å². The number of imidazole rings is 1. The zero-order valence-corrected chi connectivity index (χ0v) is 11.6. The minimum atomic E-state index is -0.234. The minimum Gasteiger partial charge on any atom is -0.331 e. The predicted molar refractivity (Wildman–Crippen MR) is 76.2 cm³/mol. The fourth-order valence-corrected chi connectivity index (χ4v) is 2.16. The van der Waals surface area contributed by atoms with Crippen molar-refractivity contribution in [2.75, 3.05) is 5.32 Å². The Balaban J connectivity index is 2.20. The molecule has 5 heteroatoms. The molecule has 19 heavy (non-hydrogen) atoms. The van der Waals surface area contributed by atoms with Gasteiger partial charge in [-0.25, -0.2) is 4.98 Å². The van der Waals surface area contributed by atoms with Gasteiger partial charge in [0, 0.05) is 17.4 Å². The Kier molecular flexibility index (Phi) is 4.22. The summed E-state index contributed by atoms with van der Waals surface area (Å²) in [6, 6.07) is 7.36. The lowest BCUT2D eigenvalue weighted by Gasteiger charge is -2.20. The molecule has 1 amide bonds. The van der Waals surface area contributed by atoms with Gasteiger partial charge in [-0.2, -0.15) is 0 Å². The van der Waals surface area contributed by atoms with Crippen LogP contribution in [0, 0.1) is 5.92 Å².